The van der Waals surface area contributed by atoms with Crippen LogP contribution >= 0.6 is 11.6 Å². The van der Waals surface area contributed by atoms with Gasteiger partial charge in [0, 0.05) is 10.4 Å². The van der Waals surface area contributed by atoms with E-state index in [1.54, 1.807) is 0 Å². The highest BCUT2D eigenvalue weighted by Gasteiger charge is 2.41. The van der Waals surface area contributed by atoms with Crippen LogP contribution in [0.15, 0.2) is 29.8 Å². The van der Waals surface area contributed by atoms with Gasteiger partial charge in [-0.15, -0.1) is 0 Å². The Kier molecular flexibility index (Phi) is 2.61. The Labute approximate surface area is 95.4 Å². The molecule has 15 heavy (non-hydrogen) atoms. The van der Waals surface area contributed by atoms with Gasteiger partial charge in [-0.1, -0.05) is 49.2 Å². The molecule has 1 nitrogen and oxygen atoms in total. The number of aliphatic hydroxyl groups is 1. The van der Waals surface area contributed by atoms with Gasteiger partial charge in [0.05, 0.1) is 6.10 Å². The molecule has 1 saturated carbocycles. The molecule has 0 aliphatic heterocycles. The summed E-state index contributed by atoms with van der Waals surface area (Å²) in [7, 11) is 0. The van der Waals surface area contributed by atoms with Crippen LogP contribution in [0.2, 0.25) is 5.02 Å². The Morgan fingerprint density at radius 3 is 2.40 bits per heavy atom. The van der Waals surface area contributed by atoms with Crippen molar-refractivity contribution < 1.29 is 5.11 Å². The van der Waals surface area contributed by atoms with Crippen molar-refractivity contribution in [3.8, 4) is 0 Å². The molecule has 0 saturated heterocycles. The normalized spacial score (nSPS) is 26.4. The summed E-state index contributed by atoms with van der Waals surface area (Å²) < 4.78 is 0. The molecule has 0 bridgehead atoms. The van der Waals surface area contributed by atoms with Crippen molar-refractivity contribution in [2.24, 2.45) is 5.41 Å². The minimum Gasteiger partial charge on any atom is -0.392 e. The van der Waals surface area contributed by atoms with Gasteiger partial charge < -0.3 is 5.11 Å². The second-order valence-corrected chi connectivity index (χ2v) is 5.10. The molecule has 1 aromatic rings. The van der Waals surface area contributed by atoms with Gasteiger partial charge >= 0.3 is 0 Å². The van der Waals surface area contributed by atoms with Crippen LogP contribution in [0.25, 0.3) is 6.08 Å². The summed E-state index contributed by atoms with van der Waals surface area (Å²) in [6.45, 7) is 4.14. The molecular formula is C13H15ClO. The predicted octanol–water partition coefficient (Wildman–Crippen LogP) is 3.51. The maximum Gasteiger partial charge on any atom is 0.0665 e. The molecule has 0 radical (unpaired) electrons. The predicted molar refractivity (Wildman–Crippen MR) is 63.8 cm³/mol. The molecule has 1 aliphatic carbocycles. The number of aliphatic hydroxyl groups excluding tert-OH is 1. The molecule has 2 rings (SSSR count). The topological polar surface area (TPSA) is 20.2 Å². The molecule has 0 aromatic heterocycles. The maximum atomic E-state index is 9.61. The third-order valence-corrected chi connectivity index (χ3v) is 3.54. The number of halogens is 1. The van der Waals surface area contributed by atoms with E-state index < -0.39 is 0 Å². The molecule has 1 aliphatic rings. The minimum atomic E-state index is -0.198. The van der Waals surface area contributed by atoms with E-state index in [4.69, 9.17) is 11.6 Å². The van der Waals surface area contributed by atoms with Gasteiger partial charge in [0.2, 0.25) is 0 Å². The minimum absolute atomic E-state index is 0.0698. The first-order chi connectivity index (χ1) is 7.00. The van der Waals surface area contributed by atoms with Crippen LogP contribution in [-0.2, 0) is 0 Å². The molecule has 0 amide bonds. The van der Waals surface area contributed by atoms with E-state index in [0.29, 0.717) is 0 Å². The summed E-state index contributed by atoms with van der Waals surface area (Å²) in [6.07, 6.45) is 2.73. The third-order valence-electron chi connectivity index (χ3n) is 3.28. The van der Waals surface area contributed by atoms with Crippen molar-refractivity contribution in [3.05, 3.63) is 40.4 Å². The number of rotatable bonds is 1. The van der Waals surface area contributed by atoms with Gasteiger partial charge in [0.15, 0.2) is 0 Å². The first-order valence-corrected chi connectivity index (χ1v) is 5.52. The van der Waals surface area contributed by atoms with Crippen molar-refractivity contribution in [2.45, 2.75) is 26.4 Å². The van der Waals surface area contributed by atoms with E-state index in [-0.39, 0.29) is 11.5 Å². The van der Waals surface area contributed by atoms with Crippen molar-refractivity contribution in [1.29, 1.82) is 0 Å². The van der Waals surface area contributed by atoms with E-state index in [1.807, 2.05) is 24.3 Å². The summed E-state index contributed by atoms with van der Waals surface area (Å²) >= 11 is 5.81. The molecule has 1 unspecified atom stereocenters. The first kappa shape index (κ1) is 10.7. The molecule has 1 aromatic carbocycles. The molecule has 1 N–H and O–H groups in total. The molecule has 0 heterocycles. The maximum absolute atomic E-state index is 9.61. The Morgan fingerprint density at radius 2 is 1.93 bits per heavy atom. The van der Waals surface area contributed by atoms with E-state index >= 15 is 0 Å². The second kappa shape index (κ2) is 3.66. The van der Waals surface area contributed by atoms with Crippen LogP contribution in [0.4, 0.5) is 0 Å². The lowest BCUT2D eigenvalue weighted by molar-refractivity contribution is 0.0195. The van der Waals surface area contributed by atoms with Crippen molar-refractivity contribution in [3.63, 3.8) is 0 Å². The largest absolute Gasteiger partial charge is 0.392 e. The Morgan fingerprint density at radius 1 is 1.33 bits per heavy atom. The lowest BCUT2D eigenvalue weighted by Gasteiger charge is -2.44. The fraction of sp³-hybridized carbons (Fsp3) is 0.385. The van der Waals surface area contributed by atoms with Crippen LogP contribution in [0.1, 0.15) is 25.8 Å². The Balaban J connectivity index is 2.22. The van der Waals surface area contributed by atoms with Crippen molar-refractivity contribution >= 4 is 17.7 Å². The van der Waals surface area contributed by atoms with E-state index in [9.17, 15) is 5.11 Å². The van der Waals surface area contributed by atoms with Gasteiger partial charge in [0.25, 0.3) is 0 Å². The summed E-state index contributed by atoms with van der Waals surface area (Å²) in [5.74, 6) is 0. The van der Waals surface area contributed by atoms with Gasteiger partial charge in [-0.25, -0.2) is 0 Å². The number of benzene rings is 1. The van der Waals surface area contributed by atoms with Gasteiger partial charge in [-0.05, 0) is 24.1 Å². The van der Waals surface area contributed by atoms with Gasteiger partial charge in [-0.3, -0.25) is 0 Å². The number of hydrogen-bond acceptors (Lipinski definition) is 1. The quantitative estimate of drug-likeness (QED) is 0.771. The van der Waals surface area contributed by atoms with E-state index in [1.165, 1.54) is 5.57 Å². The van der Waals surface area contributed by atoms with Crippen LogP contribution in [-0.4, -0.2) is 11.2 Å². The molecule has 0 spiro atoms. The zero-order valence-corrected chi connectivity index (χ0v) is 9.75. The zero-order chi connectivity index (χ0) is 11.1. The highest BCUT2D eigenvalue weighted by molar-refractivity contribution is 6.30. The standard InChI is InChI=1S/C13H15ClO/c1-13(2)10(8-12(13)15)7-9-3-5-11(14)6-4-9/h3-7,12,15H,8H2,1-2H3/b10-7+. The first-order valence-electron chi connectivity index (χ1n) is 5.15. The highest BCUT2D eigenvalue weighted by atomic mass is 35.5. The summed E-state index contributed by atoms with van der Waals surface area (Å²) in [5, 5.41) is 10.4. The Hall–Kier alpha value is -0.790. The highest BCUT2D eigenvalue weighted by Crippen LogP contribution is 2.46. The molecule has 1 fully saturated rings. The average molecular weight is 223 g/mol. The summed E-state index contributed by atoms with van der Waals surface area (Å²) in [5.41, 5.74) is 2.38. The summed E-state index contributed by atoms with van der Waals surface area (Å²) in [6, 6.07) is 7.76. The molecule has 80 valence electrons. The molecule has 2 heteroatoms. The van der Waals surface area contributed by atoms with E-state index in [2.05, 4.69) is 19.9 Å². The lowest BCUT2D eigenvalue weighted by Crippen LogP contribution is -2.42. The lowest BCUT2D eigenvalue weighted by atomic mass is 9.64. The SMILES string of the molecule is CC1(C)/C(=C/c2ccc(Cl)cc2)CC1O. The van der Waals surface area contributed by atoms with Gasteiger partial charge in [-0.2, -0.15) is 0 Å². The van der Waals surface area contributed by atoms with Crippen LogP contribution < -0.4 is 0 Å². The average Bonchev–Trinajstić information content (AvgIpc) is 2.21. The van der Waals surface area contributed by atoms with Gasteiger partial charge in [0.1, 0.15) is 0 Å². The zero-order valence-electron chi connectivity index (χ0n) is 9.00. The molecule has 1 atom stereocenters. The van der Waals surface area contributed by atoms with Crippen LogP contribution in [0, 0.1) is 5.41 Å². The van der Waals surface area contributed by atoms with Crippen molar-refractivity contribution in [2.75, 3.05) is 0 Å². The second-order valence-electron chi connectivity index (χ2n) is 4.66. The number of hydrogen-bond donors (Lipinski definition) is 1. The Bertz CT molecular complexity index is 390. The van der Waals surface area contributed by atoms with Crippen molar-refractivity contribution in [1.82, 2.24) is 0 Å². The summed E-state index contributed by atoms with van der Waals surface area (Å²) in [4.78, 5) is 0. The third kappa shape index (κ3) is 1.95. The van der Waals surface area contributed by atoms with Crippen LogP contribution in [0.5, 0.6) is 0 Å². The fourth-order valence-corrected chi connectivity index (χ4v) is 1.94. The monoisotopic (exact) mass is 222 g/mol. The van der Waals surface area contributed by atoms with Crippen LogP contribution in [0.3, 0.4) is 0 Å². The van der Waals surface area contributed by atoms with E-state index in [0.717, 1.165) is 17.0 Å². The smallest absolute Gasteiger partial charge is 0.0665 e. The molecular weight excluding hydrogens is 208 g/mol. The fourth-order valence-electron chi connectivity index (χ4n) is 1.81.